The quantitative estimate of drug-likeness (QED) is 0.0164. The number of ketones is 1. The van der Waals surface area contributed by atoms with Gasteiger partial charge in [0.1, 0.15) is 69.1 Å². The Morgan fingerprint density at radius 2 is 0.650 bits per heavy atom. The lowest BCUT2D eigenvalue weighted by Crippen LogP contribution is -2.51. The summed E-state index contributed by atoms with van der Waals surface area (Å²) >= 11 is 0. The van der Waals surface area contributed by atoms with Crippen LogP contribution in [0.4, 0.5) is 9.59 Å². The zero-order valence-corrected chi connectivity index (χ0v) is 82.2. The number of carboxylic acids is 2. The number of imidazole rings is 3. The van der Waals surface area contributed by atoms with Crippen molar-refractivity contribution in [1.29, 1.82) is 0 Å². The van der Waals surface area contributed by atoms with Gasteiger partial charge in [-0.05, 0) is 273 Å². The fourth-order valence-corrected chi connectivity index (χ4v) is 16.4. The summed E-state index contributed by atoms with van der Waals surface area (Å²) in [4.78, 5) is 171. The van der Waals surface area contributed by atoms with Gasteiger partial charge in [0.15, 0.2) is 5.78 Å². The van der Waals surface area contributed by atoms with Gasteiger partial charge in [-0.1, -0.05) is 109 Å². The molecule has 6 atom stereocenters. The summed E-state index contributed by atoms with van der Waals surface area (Å²) in [5.74, 6) is -3.00. The molecule has 12 rings (SSSR count). The summed E-state index contributed by atoms with van der Waals surface area (Å²) in [5, 5.41) is 25.1. The van der Waals surface area contributed by atoms with Crippen LogP contribution in [0.25, 0.3) is 33.8 Å². The number of benzene rings is 9. The number of aryl methyl sites for hydroxylation is 6. The minimum atomic E-state index is -1.18. The molecular formula is C107H123N15O18. The van der Waals surface area contributed by atoms with Gasteiger partial charge >= 0.3 is 24.1 Å². The topological polar surface area (TPSA) is 498 Å². The molecule has 33 nitrogen and oxygen atoms in total. The summed E-state index contributed by atoms with van der Waals surface area (Å²) in [5.41, 5.74) is 36.7. The molecule has 9 aromatic carbocycles. The maximum Gasteiger partial charge on any atom is 0.408 e. The molecule has 0 radical (unpaired) electrons. The number of amides is 8. The molecule has 0 bridgehead atoms. The smallest absolute Gasteiger partial charge is 0.408 e. The van der Waals surface area contributed by atoms with Crippen molar-refractivity contribution in [2.75, 3.05) is 21.3 Å². The SMILES string of the molecule is COc1ccc(CN(C(=O)[C@@H](N)Cc2c(C)cc(C(N)=O)cc2C)[C@@H](C)c2ncc(-c3ccccc3)[nH]2)cc1C(=O)O.COc1ccc(CN(C(=O)[C@H](Cc2c(C)cc(C(N)=O)cc2C)NC(=O)OC(C)(C)C)[C@@H](C)c2ncc(-c3ccccc3)[nH]2)cc1C(=O)O.COc1ccc(CN(C(=O)[C@H](Cc2c(C)cc(C(N)=O)cc2C)NC(=O)OC(C)(C)C)[C@@H](C)c2ncc(-c3ccccc3)[nH]2)cc1C(C)=O. The van der Waals surface area contributed by atoms with E-state index in [4.69, 9.17) is 46.6 Å². The highest BCUT2D eigenvalue weighted by Gasteiger charge is 2.38. The van der Waals surface area contributed by atoms with Gasteiger partial charge in [-0.3, -0.25) is 33.6 Å². The van der Waals surface area contributed by atoms with E-state index in [0.717, 1.165) is 83.8 Å². The van der Waals surface area contributed by atoms with Crippen LogP contribution < -0.4 is 47.8 Å². The molecule has 0 unspecified atom stereocenters. The number of carboxylic acid groups (broad SMARTS) is 2. The Morgan fingerprint density at radius 1 is 0.386 bits per heavy atom. The monoisotopic (exact) mass is 1910 g/mol. The van der Waals surface area contributed by atoms with E-state index in [0.29, 0.717) is 62.2 Å². The lowest BCUT2D eigenvalue weighted by molar-refractivity contribution is -0.137. The van der Waals surface area contributed by atoms with E-state index in [-0.39, 0.29) is 73.2 Å². The van der Waals surface area contributed by atoms with Crippen LogP contribution in [-0.2, 0) is 62.8 Å². The number of nitrogens with one attached hydrogen (secondary N) is 5. The van der Waals surface area contributed by atoms with Crippen LogP contribution in [0.5, 0.6) is 17.2 Å². The van der Waals surface area contributed by atoms with Gasteiger partial charge < -0.3 is 97.1 Å². The minimum absolute atomic E-state index is 0.00972. The number of aromatic nitrogens is 6. The summed E-state index contributed by atoms with van der Waals surface area (Å²) in [6.07, 6.45) is 3.97. The normalized spacial score (nSPS) is 12.5. The second-order valence-electron chi connectivity index (χ2n) is 36.3. The highest BCUT2D eigenvalue weighted by molar-refractivity contribution is 5.98. The third-order valence-corrected chi connectivity index (χ3v) is 23.6. The van der Waals surface area contributed by atoms with Gasteiger partial charge in [0.05, 0.1) is 86.7 Å². The van der Waals surface area contributed by atoms with E-state index in [1.807, 2.05) is 146 Å². The fraction of sp³-hybridized carbons (Fsp3) is 0.308. The van der Waals surface area contributed by atoms with Crippen LogP contribution in [0.2, 0.25) is 0 Å². The van der Waals surface area contributed by atoms with Gasteiger partial charge in [-0.15, -0.1) is 0 Å². The van der Waals surface area contributed by atoms with Crippen LogP contribution in [0.15, 0.2) is 201 Å². The lowest BCUT2D eigenvalue weighted by atomic mass is 9.93. The molecule has 0 saturated heterocycles. The zero-order valence-electron chi connectivity index (χ0n) is 82.2. The third kappa shape index (κ3) is 27.7. The number of carbonyl (C=O) groups is 11. The standard InChI is InChI=1S/C38H45N5O6.C37H43N5O7.C32H35N5O5/c1-22-16-28(34(39)45)17-23(2)29(22)19-31(42-37(47)49-38(5,6)7)36(46)43(21-26-14-15-33(48-8)30(18-26)25(4)44)24(3)35-40-20-32(41-35)27-12-10-9-11-13-27;1-21-15-26(32(38)43)16-22(2)27(21)18-29(41-36(47)49-37(4,5)6)34(44)42(20-24-13-14-31(48-7)28(17-24)35(45)46)23(3)33-39-19-30(40-33)25-11-9-8-10-12-25;1-18-12-23(29(34)38)13-19(2)24(18)15-26(33)31(39)37(17-21-10-11-28(42-4)25(14-21)32(40)41)20(3)30-35-16-27(36-30)22-8-6-5-7-9-22/h9-18,20,24,31H,19,21H2,1-8H3,(H2,39,45)(H,40,41)(H,42,47);8-17,19,23,29H,18,20H2,1-7H3,(H2,38,43)(H,39,40)(H,41,47)(H,45,46);5-14,16,20,26H,15,17,33H2,1-4H3,(H2,34,38)(H,35,36)(H,40,41)/t24-,31-;23-,29-;20-,26-/m000/s1. The van der Waals surface area contributed by atoms with Crippen molar-refractivity contribution in [2.24, 2.45) is 22.9 Å². The predicted octanol–water partition coefficient (Wildman–Crippen LogP) is 16.1. The lowest BCUT2D eigenvalue weighted by Gasteiger charge is -2.33. The maximum atomic E-state index is 14.8. The van der Waals surface area contributed by atoms with E-state index >= 15 is 0 Å². The number of hydrogen-bond acceptors (Lipinski definition) is 20. The molecule has 734 valence electrons. The summed E-state index contributed by atoms with van der Waals surface area (Å²) in [6, 6.07) is 48.8. The molecule has 8 amide bonds. The Kier molecular flexibility index (Phi) is 35.3. The Balaban J connectivity index is 0.000000217. The van der Waals surface area contributed by atoms with Crippen molar-refractivity contribution >= 4 is 65.4 Å². The molecule has 0 fully saturated rings. The molecule has 3 aromatic heterocycles. The highest BCUT2D eigenvalue weighted by Crippen LogP contribution is 2.35. The zero-order chi connectivity index (χ0) is 103. The average Bonchev–Trinajstić information content (AvgIpc) is 1.48. The van der Waals surface area contributed by atoms with Gasteiger partial charge in [-0.25, -0.2) is 34.1 Å². The summed E-state index contributed by atoms with van der Waals surface area (Å²) in [7, 11) is 4.28. The van der Waals surface area contributed by atoms with E-state index in [1.165, 1.54) is 51.4 Å². The summed E-state index contributed by atoms with van der Waals surface area (Å²) in [6.45, 7) is 28.5. The van der Waals surface area contributed by atoms with Crippen LogP contribution in [0.3, 0.4) is 0 Å². The number of alkyl carbamates (subject to hydrolysis) is 2. The fourth-order valence-electron chi connectivity index (χ4n) is 16.4. The van der Waals surface area contributed by atoms with Gasteiger partial charge in [-0.2, -0.15) is 0 Å². The van der Waals surface area contributed by atoms with Crippen LogP contribution in [-0.4, -0.2) is 171 Å². The van der Waals surface area contributed by atoms with E-state index in [2.05, 4.69) is 40.5 Å². The predicted molar refractivity (Wildman–Crippen MR) is 531 cm³/mol. The first-order valence-electron chi connectivity index (χ1n) is 45.3. The van der Waals surface area contributed by atoms with Crippen molar-refractivity contribution < 1.29 is 86.6 Å². The number of methoxy groups -OCH3 is 3. The molecule has 0 aliphatic carbocycles. The van der Waals surface area contributed by atoms with Crippen LogP contribution in [0, 0.1) is 41.5 Å². The van der Waals surface area contributed by atoms with Crippen molar-refractivity contribution in [3.63, 3.8) is 0 Å². The molecule has 140 heavy (non-hydrogen) atoms. The number of H-pyrrole nitrogens is 3. The number of hydrogen-bond donors (Lipinski definition) is 11. The van der Waals surface area contributed by atoms with E-state index < -0.39 is 101 Å². The average molecular weight is 1910 g/mol. The number of Topliss-reactive ketones (excluding diaryl/α,β-unsaturated/α-hetero) is 1. The molecule has 33 heteroatoms. The first-order valence-corrected chi connectivity index (χ1v) is 45.3. The van der Waals surface area contributed by atoms with Crippen LogP contribution in [0.1, 0.15) is 234 Å². The van der Waals surface area contributed by atoms with Crippen molar-refractivity contribution in [3.8, 4) is 51.0 Å². The van der Waals surface area contributed by atoms with Gasteiger partial charge in [0.25, 0.3) is 0 Å². The van der Waals surface area contributed by atoms with E-state index in [9.17, 15) is 63.0 Å². The van der Waals surface area contributed by atoms with Crippen LogP contribution >= 0.6 is 0 Å². The third-order valence-electron chi connectivity index (χ3n) is 23.6. The number of nitrogens with two attached hydrogens (primary N) is 4. The highest BCUT2D eigenvalue weighted by atomic mass is 16.6. The molecule has 0 aliphatic rings. The Morgan fingerprint density at radius 3 is 0.907 bits per heavy atom. The molecule has 3 heterocycles. The van der Waals surface area contributed by atoms with E-state index in [1.54, 1.807) is 150 Å². The number of primary amides is 3. The number of rotatable bonds is 35. The Hall–Kier alpha value is -16.1. The maximum absolute atomic E-state index is 14.8. The number of carbonyl (C=O) groups excluding carboxylic acids is 9. The second kappa shape index (κ2) is 46.7. The Labute approximate surface area is 813 Å². The molecule has 12 aromatic rings. The number of ether oxygens (including phenoxy) is 5. The molecule has 0 saturated carbocycles. The van der Waals surface area contributed by atoms with Crippen molar-refractivity contribution in [2.45, 2.75) is 197 Å². The van der Waals surface area contributed by atoms with Crippen molar-refractivity contribution in [1.82, 2.24) is 55.2 Å². The number of aromatic amines is 3. The summed E-state index contributed by atoms with van der Waals surface area (Å²) < 4.78 is 27.0. The van der Waals surface area contributed by atoms with Crippen molar-refractivity contribution in [3.05, 3.63) is 318 Å². The number of nitrogens with zero attached hydrogens (tertiary/aromatic N) is 6. The molecule has 0 aliphatic heterocycles. The first-order chi connectivity index (χ1) is 66.1. The number of aromatic carboxylic acids is 2. The molecule has 0 spiro atoms. The largest absolute Gasteiger partial charge is 0.496 e. The second-order valence-corrected chi connectivity index (χ2v) is 36.3. The molecular weight excluding hydrogens is 1780 g/mol. The first kappa shape index (κ1) is 106. The minimum Gasteiger partial charge on any atom is -0.496 e. The van der Waals surface area contributed by atoms with Gasteiger partial charge in [0, 0.05) is 49.2 Å². The molecule has 15 N–H and O–H groups in total. The van der Waals surface area contributed by atoms with Gasteiger partial charge in [0.2, 0.25) is 35.4 Å². The Bertz CT molecular complexity index is 6200.